The van der Waals surface area contributed by atoms with Crippen LogP contribution in [-0.4, -0.2) is 18.5 Å². The van der Waals surface area contributed by atoms with E-state index in [-0.39, 0.29) is 23.8 Å². The Morgan fingerprint density at radius 2 is 2.21 bits per heavy atom. The second-order valence-electron chi connectivity index (χ2n) is 3.73. The van der Waals surface area contributed by atoms with Crippen LogP contribution in [-0.2, 0) is 9.53 Å². The fraction of sp³-hybridized carbons (Fsp3) is 0.154. The summed E-state index contributed by atoms with van der Waals surface area (Å²) in [5.74, 6) is -1.08. The van der Waals surface area contributed by atoms with E-state index in [9.17, 15) is 9.59 Å². The molecule has 1 heterocycles. The third-order valence-electron chi connectivity index (χ3n) is 2.58. The maximum atomic E-state index is 11.8. The number of fused-ring (bicyclic) bond motifs is 1. The van der Waals surface area contributed by atoms with Gasteiger partial charge in [-0.3, -0.25) is 4.79 Å². The summed E-state index contributed by atoms with van der Waals surface area (Å²) < 4.78 is 5.55. The minimum atomic E-state index is -0.740. The molecule has 0 atom stereocenters. The number of nitriles is 1. The molecule has 1 aliphatic heterocycles. The van der Waals surface area contributed by atoms with Crippen LogP contribution in [0, 0.1) is 11.3 Å². The molecule has 1 aromatic carbocycles. The van der Waals surface area contributed by atoms with E-state index in [0.717, 1.165) is 4.47 Å². The van der Waals surface area contributed by atoms with E-state index in [0.29, 0.717) is 11.1 Å². The second-order valence-corrected chi connectivity index (χ2v) is 4.64. The van der Waals surface area contributed by atoms with Gasteiger partial charge in [0.15, 0.2) is 5.57 Å². The fourth-order valence-electron chi connectivity index (χ4n) is 1.77. The van der Waals surface area contributed by atoms with Crippen LogP contribution in [0.3, 0.4) is 0 Å². The average Bonchev–Trinajstić information content (AvgIpc) is 2.68. The van der Waals surface area contributed by atoms with E-state index in [1.165, 1.54) is 0 Å². The molecule has 2 rings (SSSR count). The Hall–Kier alpha value is -2.13. The quantitative estimate of drug-likeness (QED) is 0.513. The van der Waals surface area contributed by atoms with Gasteiger partial charge in [0.25, 0.3) is 5.91 Å². The SMILES string of the molecule is CCOC(=O)/C(C#N)=C1\NC(=O)c2cc(Br)ccc21. The van der Waals surface area contributed by atoms with Gasteiger partial charge in [-0.05, 0) is 19.1 Å². The van der Waals surface area contributed by atoms with E-state index >= 15 is 0 Å². The van der Waals surface area contributed by atoms with Gasteiger partial charge < -0.3 is 10.1 Å². The molecule has 96 valence electrons. The highest BCUT2D eigenvalue weighted by Gasteiger charge is 2.29. The Morgan fingerprint density at radius 1 is 1.47 bits per heavy atom. The summed E-state index contributed by atoms with van der Waals surface area (Å²) in [7, 11) is 0. The Kier molecular flexibility index (Phi) is 3.67. The summed E-state index contributed by atoms with van der Waals surface area (Å²) in [6.07, 6.45) is 0. The van der Waals surface area contributed by atoms with Crippen molar-refractivity contribution in [3.63, 3.8) is 0 Å². The van der Waals surface area contributed by atoms with E-state index < -0.39 is 5.97 Å². The zero-order valence-corrected chi connectivity index (χ0v) is 11.6. The number of nitrogens with one attached hydrogen (secondary N) is 1. The van der Waals surface area contributed by atoms with Crippen LogP contribution in [0.2, 0.25) is 0 Å². The smallest absolute Gasteiger partial charge is 0.351 e. The summed E-state index contributed by atoms with van der Waals surface area (Å²) in [4.78, 5) is 23.5. The predicted molar refractivity (Wildman–Crippen MR) is 70.8 cm³/mol. The van der Waals surface area contributed by atoms with Gasteiger partial charge in [0.2, 0.25) is 0 Å². The highest BCUT2D eigenvalue weighted by atomic mass is 79.9. The first-order valence-electron chi connectivity index (χ1n) is 5.51. The number of rotatable bonds is 2. The van der Waals surface area contributed by atoms with E-state index in [2.05, 4.69) is 21.2 Å². The fourth-order valence-corrected chi connectivity index (χ4v) is 2.14. The van der Waals surface area contributed by atoms with Crippen molar-refractivity contribution in [2.24, 2.45) is 0 Å². The number of esters is 1. The van der Waals surface area contributed by atoms with Gasteiger partial charge in [0.1, 0.15) is 6.07 Å². The van der Waals surface area contributed by atoms with Gasteiger partial charge in [0, 0.05) is 10.0 Å². The Morgan fingerprint density at radius 3 is 2.84 bits per heavy atom. The molecule has 0 saturated carbocycles. The minimum absolute atomic E-state index is 0.165. The highest BCUT2D eigenvalue weighted by Crippen LogP contribution is 2.29. The molecule has 0 bridgehead atoms. The lowest BCUT2D eigenvalue weighted by molar-refractivity contribution is -0.137. The van der Waals surface area contributed by atoms with Gasteiger partial charge in [-0.15, -0.1) is 0 Å². The summed E-state index contributed by atoms with van der Waals surface area (Å²) in [6, 6.07) is 6.83. The number of carbonyl (C=O) groups is 2. The van der Waals surface area contributed by atoms with Gasteiger partial charge in [-0.25, -0.2) is 4.79 Å². The molecule has 0 saturated heterocycles. The molecule has 5 nitrogen and oxygen atoms in total. The molecule has 0 aliphatic carbocycles. The molecular formula is C13H9BrN2O3. The third-order valence-corrected chi connectivity index (χ3v) is 3.07. The first kappa shape index (κ1) is 13.3. The third kappa shape index (κ3) is 2.37. The summed E-state index contributed by atoms with van der Waals surface area (Å²) in [5.41, 5.74) is 0.948. The molecule has 1 aliphatic rings. The Balaban J connectivity index is 2.58. The molecule has 0 spiro atoms. The summed E-state index contributed by atoms with van der Waals surface area (Å²) in [5, 5.41) is 11.6. The van der Waals surface area contributed by atoms with Crippen molar-refractivity contribution < 1.29 is 14.3 Å². The molecule has 0 unspecified atom stereocenters. The minimum Gasteiger partial charge on any atom is -0.462 e. The number of hydrogen-bond acceptors (Lipinski definition) is 4. The van der Waals surface area contributed by atoms with Crippen molar-refractivity contribution in [2.75, 3.05) is 6.61 Å². The number of carbonyl (C=O) groups excluding carboxylic acids is 2. The van der Waals surface area contributed by atoms with Crippen LogP contribution in [0.4, 0.5) is 0 Å². The molecule has 0 fully saturated rings. The summed E-state index contributed by atoms with van der Waals surface area (Å²) in [6.45, 7) is 1.81. The molecule has 1 aromatic rings. The number of nitrogens with zero attached hydrogens (tertiary/aromatic N) is 1. The summed E-state index contributed by atoms with van der Waals surface area (Å²) >= 11 is 3.27. The lowest BCUT2D eigenvalue weighted by atomic mass is 10.1. The van der Waals surface area contributed by atoms with Crippen molar-refractivity contribution in [2.45, 2.75) is 6.92 Å². The van der Waals surface area contributed by atoms with Gasteiger partial charge >= 0.3 is 5.97 Å². The number of halogens is 1. The first-order valence-corrected chi connectivity index (χ1v) is 6.30. The van der Waals surface area contributed by atoms with Crippen molar-refractivity contribution in [1.82, 2.24) is 5.32 Å². The number of hydrogen-bond donors (Lipinski definition) is 1. The van der Waals surface area contributed by atoms with E-state index in [1.54, 1.807) is 31.2 Å². The number of ether oxygens (including phenoxy) is 1. The van der Waals surface area contributed by atoms with Crippen molar-refractivity contribution in [1.29, 1.82) is 5.26 Å². The van der Waals surface area contributed by atoms with Crippen molar-refractivity contribution in [3.8, 4) is 6.07 Å². The molecule has 1 amide bonds. The van der Waals surface area contributed by atoms with E-state index in [1.807, 2.05) is 0 Å². The standard InChI is InChI=1S/C13H9BrN2O3/c1-2-19-13(18)10(6-15)11-8-4-3-7(14)5-9(8)12(17)16-11/h3-5H,2H2,1H3,(H,16,17)/b11-10-. The lowest BCUT2D eigenvalue weighted by Crippen LogP contribution is -2.17. The molecular weight excluding hydrogens is 312 g/mol. The maximum absolute atomic E-state index is 11.8. The molecule has 19 heavy (non-hydrogen) atoms. The highest BCUT2D eigenvalue weighted by molar-refractivity contribution is 9.10. The van der Waals surface area contributed by atoms with Crippen molar-refractivity contribution >= 4 is 33.5 Å². The molecule has 0 aromatic heterocycles. The Labute approximate surface area is 118 Å². The Bertz CT molecular complexity index is 644. The van der Waals surface area contributed by atoms with Gasteiger partial charge in [-0.2, -0.15) is 5.26 Å². The first-order chi connectivity index (χ1) is 9.08. The number of benzene rings is 1. The van der Waals surface area contributed by atoms with Crippen LogP contribution in [0.15, 0.2) is 28.2 Å². The normalized spacial score (nSPS) is 15.3. The van der Waals surface area contributed by atoms with Gasteiger partial charge in [-0.1, -0.05) is 22.0 Å². The number of amides is 1. The van der Waals surface area contributed by atoms with Crippen LogP contribution in [0.25, 0.3) is 5.70 Å². The average molecular weight is 321 g/mol. The lowest BCUT2D eigenvalue weighted by Gasteiger charge is -2.04. The van der Waals surface area contributed by atoms with Crippen LogP contribution >= 0.6 is 15.9 Å². The van der Waals surface area contributed by atoms with Crippen LogP contribution in [0.5, 0.6) is 0 Å². The molecule has 6 heteroatoms. The molecule has 0 radical (unpaired) electrons. The largest absolute Gasteiger partial charge is 0.462 e. The monoisotopic (exact) mass is 320 g/mol. The van der Waals surface area contributed by atoms with Crippen molar-refractivity contribution in [3.05, 3.63) is 39.4 Å². The van der Waals surface area contributed by atoms with Gasteiger partial charge in [0.05, 0.1) is 17.9 Å². The zero-order chi connectivity index (χ0) is 14.0. The van der Waals surface area contributed by atoms with Crippen LogP contribution in [0.1, 0.15) is 22.8 Å². The second kappa shape index (κ2) is 5.24. The predicted octanol–water partition coefficient (Wildman–Crippen LogP) is 1.99. The van der Waals surface area contributed by atoms with E-state index in [4.69, 9.17) is 10.00 Å². The van der Waals surface area contributed by atoms with Crippen LogP contribution < -0.4 is 5.32 Å². The topological polar surface area (TPSA) is 79.2 Å². The molecule has 1 N–H and O–H groups in total. The maximum Gasteiger partial charge on any atom is 0.351 e. The zero-order valence-electron chi connectivity index (χ0n) is 9.99.